The molecule has 0 bridgehead atoms. The van der Waals surface area contributed by atoms with E-state index in [1.54, 1.807) is 6.07 Å². The number of carboxylic acid groups (broad SMARTS) is 1. The number of anilines is 2. The summed E-state index contributed by atoms with van der Waals surface area (Å²) in [5, 5.41) is 96.7. The minimum Gasteiger partial charge on any atom is -0.479 e. The third kappa shape index (κ3) is 8.17. The predicted molar refractivity (Wildman–Crippen MR) is 172 cm³/mol. The summed E-state index contributed by atoms with van der Waals surface area (Å²) >= 11 is 0. The molecule has 9 N–H and O–H groups in total. The van der Waals surface area contributed by atoms with Crippen molar-refractivity contribution in [3.05, 3.63) is 48.8 Å². The summed E-state index contributed by atoms with van der Waals surface area (Å²) in [6.07, 6.45) is -22.4. The fourth-order valence-electron chi connectivity index (χ4n) is 6.61. The number of rotatable bonds is 11. The molecule has 2 amide bonds. The number of carbonyl (C=O) groups excluding carboxylic acids is 2. The van der Waals surface area contributed by atoms with Gasteiger partial charge in [-0.2, -0.15) is 0 Å². The van der Waals surface area contributed by atoms with Crippen LogP contribution in [0.5, 0.6) is 0 Å². The van der Waals surface area contributed by atoms with Gasteiger partial charge in [0.05, 0.1) is 13.2 Å². The summed E-state index contributed by atoms with van der Waals surface area (Å²) in [6.45, 7) is 0.487. The van der Waals surface area contributed by atoms with Crippen LogP contribution in [-0.2, 0) is 38.1 Å². The van der Waals surface area contributed by atoms with Crippen molar-refractivity contribution < 1.29 is 84.0 Å². The molecule has 292 valence electrons. The molecule has 0 unspecified atom stereocenters. The van der Waals surface area contributed by atoms with E-state index in [2.05, 4.69) is 9.97 Å². The van der Waals surface area contributed by atoms with E-state index in [4.69, 9.17) is 23.7 Å². The van der Waals surface area contributed by atoms with Gasteiger partial charge >= 0.3 is 5.97 Å². The number of ether oxygens (including phenoxy) is 5. The number of carbonyl (C=O) groups is 3. The van der Waals surface area contributed by atoms with Crippen LogP contribution in [0.3, 0.4) is 0 Å². The van der Waals surface area contributed by atoms with Crippen LogP contribution in [-0.4, -0.2) is 179 Å². The number of carboxylic acids is 1. The van der Waals surface area contributed by atoms with Crippen LogP contribution in [0.2, 0.25) is 0 Å². The third-order valence-electron chi connectivity index (χ3n) is 9.13. The van der Waals surface area contributed by atoms with Gasteiger partial charge in [-0.3, -0.25) is 19.4 Å². The van der Waals surface area contributed by atoms with Gasteiger partial charge in [0.15, 0.2) is 25.0 Å². The maximum Gasteiger partial charge on any atom is 0.335 e. The Morgan fingerprint density at radius 2 is 1.19 bits per heavy atom. The second kappa shape index (κ2) is 17.1. The number of amides is 2. The molecule has 2 aromatic heterocycles. The molecule has 3 fully saturated rings. The van der Waals surface area contributed by atoms with E-state index in [9.17, 15) is 60.3 Å². The molecule has 0 spiro atoms. The number of aliphatic carboxylic acids is 1. The van der Waals surface area contributed by atoms with Crippen molar-refractivity contribution >= 4 is 29.4 Å². The van der Waals surface area contributed by atoms with Gasteiger partial charge in [0, 0.05) is 26.2 Å². The number of nitrogens with zero attached hydrogens (tertiary/aromatic N) is 4. The Balaban J connectivity index is 1.47. The molecule has 0 saturated carbocycles. The summed E-state index contributed by atoms with van der Waals surface area (Å²) in [6, 6.07) is 5.58. The molecule has 21 nitrogen and oxygen atoms in total. The Labute approximate surface area is 301 Å². The van der Waals surface area contributed by atoms with Gasteiger partial charge in [-0.25, -0.2) is 14.8 Å². The van der Waals surface area contributed by atoms with E-state index >= 15 is 0 Å². The average molecular weight is 755 g/mol. The summed E-state index contributed by atoms with van der Waals surface area (Å²) in [7, 11) is 0. The van der Waals surface area contributed by atoms with Crippen LogP contribution in [0, 0.1) is 0 Å². The SMILES string of the molecule is CC(=O)N(c1ccccn1)[C@@H]1[C@@H](O[C@@H]2O[C@H](C(=O)O)[C@@H](O[C@@H]3O[C@H](CO)[C@H](O)[C@H](O)[C@H]3N(C(C)=O)c3ccccn3)[C@H](O)[C@H]2O)[C@@H](O)[C@@H](CO)O[C@H]1O. The highest BCUT2D eigenvalue weighted by Crippen LogP contribution is 2.36. The zero-order valence-corrected chi connectivity index (χ0v) is 28.3. The lowest BCUT2D eigenvalue weighted by Gasteiger charge is -2.50. The molecular weight excluding hydrogens is 712 g/mol. The summed E-state index contributed by atoms with van der Waals surface area (Å²) < 4.78 is 28.3. The van der Waals surface area contributed by atoms with Crippen LogP contribution in [0.4, 0.5) is 11.6 Å². The maximum atomic E-state index is 12.9. The van der Waals surface area contributed by atoms with Gasteiger partial charge in [0.25, 0.3) is 0 Å². The molecule has 0 aromatic carbocycles. The van der Waals surface area contributed by atoms with Crippen molar-refractivity contribution in [1.82, 2.24) is 9.97 Å². The van der Waals surface area contributed by atoms with E-state index in [-0.39, 0.29) is 11.6 Å². The smallest absolute Gasteiger partial charge is 0.335 e. The molecule has 2 aromatic rings. The summed E-state index contributed by atoms with van der Waals surface area (Å²) in [5.41, 5.74) is 0. The zero-order chi connectivity index (χ0) is 38.7. The quantitative estimate of drug-likeness (QED) is 0.104. The van der Waals surface area contributed by atoms with E-state index in [1.807, 2.05) is 0 Å². The van der Waals surface area contributed by atoms with Crippen LogP contribution in [0.25, 0.3) is 0 Å². The lowest BCUT2D eigenvalue weighted by Crippen LogP contribution is -2.70. The van der Waals surface area contributed by atoms with Crippen molar-refractivity contribution in [3.63, 3.8) is 0 Å². The Morgan fingerprint density at radius 1 is 0.660 bits per heavy atom. The fraction of sp³-hybridized carbons (Fsp3) is 0.594. The standard InChI is InChI=1S/C32H42N4O17/c1-13(39)35(17-7-3-5-9-33-17)19-23(43)21(41)15(11-37)50-31(19)52-27-24(44)25(45)32(53-28(27)29(46)47)51-26-20(30(48)49-16(12-38)22(26)42)36(14(2)40)18-8-4-6-10-34-18/h3-10,15-16,19-28,30-32,37-38,41-45,48H,11-12H2,1-2H3,(H,46,47)/t15-,16-,19-,20-,21+,22+,23-,24-,25-,26-,27+,28+,30-,31+,32-/m1/s1. The lowest BCUT2D eigenvalue weighted by molar-refractivity contribution is -0.357. The van der Waals surface area contributed by atoms with Crippen LogP contribution in [0.1, 0.15) is 13.8 Å². The molecule has 3 saturated heterocycles. The molecule has 0 aliphatic carbocycles. The van der Waals surface area contributed by atoms with Gasteiger partial charge in [0.1, 0.15) is 78.7 Å². The molecule has 3 aliphatic heterocycles. The van der Waals surface area contributed by atoms with Gasteiger partial charge in [0.2, 0.25) is 11.8 Å². The Hall–Kier alpha value is -3.81. The largest absolute Gasteiger partial charge is 0.479 e. The van der Waals surface area contributed by atoms with Gasteiger partial charge in [-0.15, -0.1) is 0 Å². The van der Waals surface area contributed by atoms with Crippen molar-refractivity contribution in [1.29, 1.82) is 0 Å². The van der Waals surface area contributed by atoms with Crippen molar-refractivity contribution in [2.45, 2.75) is 106 Å². The fourth-order valence-corrected chi connectivity index (χ4v) is 6.61. The normalized spacial score (nSPS) is 37.4. The first-order valence-corrected chi connectivity index (χ1v) is 16.4. The van der Waals surface area contributed by atoms with Gasteiger partial charge in [-0.1, -0.05) is 12.1 Å². The lowest BCUT2D eigenvalue weighted by atomic mass is 9.93. The molecular formula is C32H42N4O17. The van der Waals surface area contributed by atoms with Crippen LogP contribution < -0.4 is 9.80 Å². The Kier molecular flexibility index (Phi) is 13.0. The molecule has 15 atom stereocenters. The van der Waals surface area contributed by atoms with Crippen LogP contribution >= 0.6 is 0 Å². The minimum atomic E-state index is -2.23. The molecule has 0 radical (unpaired) electrons. The van der Waals surface area contributed by atoms with Crippen LogP contribution in [0.15, 0.2) is 48.8 Å². The minimum absolute atomic E-state index is 0.0289. The third-order valence-corrected chi connectivity index (χ3v) is 9.13. The van der Waals surface area contributed by atoms with Crippen molar-refractivity contribution in [2.75, 3.05) is 23.0 Å². The highest BCUT2D eigenvalue weighted by atomic mass is 16.7. The molecule has 5 heterocycles. The first kappa shape index (κ1) is 40.4. The number of hydrogen-bond donors (Lipinski definition) is 9. The van der Waals surface area contributed by atoms with Crippen molar-refractivity contribution in [2.24, 2.45) is 0 Å². The number of pyridine rings is 2. The van der Waals surface area contributed by atoms with Crippen molar-refractivity contribution in [3.8, 4) is 0 Å². The van der Waals surface area contributed by atoms with E-state index in [0.29, 0.717) is 0 Å². The summed E-state index contributed by atoms with van der Waals surface area (Å²) in [4.78, 5) is 48.5. The molecule has 3 aliphatic rings. The number of aliphatic hydroxyl groups excluding tert-OH is 8. The maximum absolute atomic E-state index is 12.9. The summed E-state index contributed by atoms with van der Waals surface area (Å²) in [5.74, 6) is -3.31. The Bertz CT molecular complexity index is 1550. The molecule has 5 rings (SSSR count). The number of hydrogen-bond acceptors (Lipinski definition) is 18. The highest BCUT2D eigenvalue weighted by molar-refractivity contribution is 5.92. The predicted octanol–water partition coefficient (Wildman–Crippen LogP) is -4.57. The van der Waals surface area contributed by atoms with E-state index in [0.717, 1.165) is 23.6 Å². The van der Waals surface area contributed by atoms with E-state index < -0.39 is 123 Å². The topological polar surface area (TPSA) is 312 Å². The van der Waals surface area contributed by atoms with Gasteiger partial charge in [-0.05, 0) is 24.3 Å². The second-order valence-corrected chi connectivity index (χ2v) is 12.5. The number of aromatic nitrogens is 2. The monoisotopic (exact) mass is 754 g/mol. The molecule has 53 heavy (non-hydrogen) atoms. The highest BCUT2D eigenvalue weighted by Gasteiger charge is 2.57. The van der Waals surface area contributed by atoms with E-state index in [1.165, 1.54) is 42.7 Å². The first-order chi connectivity index (χ1) is 25.2. The Morgan fingerprint density at radius 3 is 1.68 bits per heavy atom. The first-order valence-electron chi connectivity index (χ1n) is 16.4. The van der Waals surface area contributed by atoms with Gasteiger partial charge < -0.3 is 69.6 Å². The zero-order valence-electron chi connectivity index (χ0n) is 28.3. The second-order valence-electron chi connectivity index (χ2n) is 12.5. The molecule has 21 heteroatoms. The number of aliphatic hydroxyl groups is 8. The average Bonchev–Trinajstić information content (AvgIpc) is 3.13.